The molecule has 1 aromatic carbocycles. The molecule has 0 radical (unpaired) electrons. The molecule has 1 N–H and O–H groups in total. The highest BCUT2D eigenvalue weighted by Crippen LogP contribution is 2.18. The molecule has 24 heavy (non-hydrogen) atoms. The van der Waals surface area contributed by atoms with Gasteiger partial charge in [-0.1, -0.05) is 25.1 Å². The Morgan fingerprint density at radius 3 is 2.62 bits per heavy atom. The van der Waals surface area contributed by atoms with Crippen molar-refractivity contribution in [2.24, 2.45) is 0 Å². The molecule has 5 nitrogen and oxygen atoms in total. The normalized spacial score (nSPS) is 16.5. The van der Waals surface area contributed by atoms with Gasteiger partial charge in [0.1, 0.15) is 11.1 Å². The van der Waals surface area contributed by atoms with Crippen LogP contribution in [0.4, 0.5) is 0 Å². The highest BCUT2D eigenvalue weighted by Gasteiger charge is 2.25. The number of carbonyl (C=O) groups is 2. The van der Waals surface area contributed by atoms with Crippen molar-refractivity contribution in [2.75, 3.05) is 19.7 Å². The predicted molar refractivity (Wildman–Crippen MR) is 94.4 cm³/mol. The van der Waals surface area contributed by atoms with E-state index in [4.69, 9.17) is 16.3 Å². The van der Waals surface area contributed by atoms with Crippen molar-refractivity contribution >= 4 is 23.4 Å². The van der Waals surface area contributed by atoms with E-state index in [2.05, 4.69) is 12.2 Å². The molecule has 0 aliphatic carbocycles. The molecule has 2 amide bonds. The smallest absolute Gasteiger partial charge is 0.260 e. The van der Waals surface area contributed by atoms with Crippen molar-refractivity contribution < 1.29 is 14.3 Å². The summed E-state index contributed by atoms with van der Waals surface area (Å²) in [6, 6.07) is 7.86. The van der Waals surface area contributed by atoms with Crippen LogP contribution < -0.4 is 10.1 Å². The minimum absolute atomic E-state index is 0.0172. The number of halogens is 1. The van der Waals surface area contributed by atoms with Gasteiger partial charge < -0.3 is 15.0 Å². The van der Waals surface area contributed by atoms with Crippen LogP contribution >= 0.6 is 11.6 Å². The van der Waals surface area contributed by atoms with Crippen LogP contribution in [0.25, 0.3) is 0 Å². The molecule has 1 aliphatic rings. The van der Waals surface area contributed by atoms with Crippen LogP contribution in [0.3, 0.4) is 0 Å². The number of aryl methyl sites for hydroxylation is 1. The van der Waals surface area contributed by atoms with Crippen LogP contribution in [0.2, 0.25) is 0 Å². The molecule has 0 saturated carbocycles. The number of ether oxygens (including phenoxy) is 1. The number of carbonyl (C=O) groups excluding carboxylic acids is 2. The fourth-order valence-electron chi connectivity index (χ4n) is 2.76. The zero-order valence-electron chi connectivity index (χ0n) is 14.3. The van der Waals surface area contributed by atoms with Crippen molar-refractivity contribution in [3.8, 4) is 5.75 Å². The molecule has 132 valence electrons. The lowest BCUT2D eigenvalue weighted by atomic mass is 10.0. The summed E-state index contributed by atoms with van der Waals surface area (Å²) in [5, 5.41) is 2.38. The van der Waals surface area contributed by atoms with Crippen molar-refractivity contribution in [3.05, 3.63) is 29.8 Å². The lowest BCUT2D eigenvalue weighted by molar-refractivity contribution is -0.134. The molecular weight excluding hydrogens is 328 g/mol. The Hall–Kier alpha value is -1.75. The second-order valence-corrected chi connectivity index (χ2v) is 6.68. The number of nitrogens with zero attached hydrogens (tertiary/aromatic N) is 1. The van der Waals surface area contributed by atoms with E-state index in [0.717, 1.165) is 30.6 Å². The Bertz CT molecular complexity index is 569. The molecule has 1 unspecified atom stereocenters. The SMILES string of the molecule is CCc1ccccc1OCC(=O)N1CCC(NC(=O)C(C)Cl)CC1. The molecule has 2 rings (SSSR count). The van der Waals surface area contributed by atoms with E-state index < -0.39 is 5.38 Å². The van der Waals surface area contributed by atoms with E-state index >= 15 is 0 Å². The predicted octanol–water partition coefficient (Wildman–Crippen LogP) is 2.36. The third-order valence-corrected chi connectivity index (χ3v) is 4.46. The highest BCUT2D eigenvalue weighted by molar-refractivity contribution is 6.30. The summed E-state index contributed by atoms with van der Waals surface area (Å²) in [7, 11) is 0. The third-order valence-electron chi connectivity index (χ3n) is 4.26. The van der Waals surface area contributed by atoms with Crippen LogP contribution in [0, 0.1) is 0 Å². The van der Waals surface area contributed by atoms with Gasteiger partial charge in [0.05, 0.1) is 0 Å². The van der Waals surface area contributed by atoms with Gasteiger partial charge in [0.2, 0.25) is 5.91 Å². The van der Waals surface area contributed by atoms with Crippen LogP contribution in [0.5, 0.6) is 5.75 Å². The first-order valence-electron chi connectivity index (χ1n) is 8.44. The number of rotatable bonds is 6. The molecule has 1 heterocycles. The van der Waals surface area contributed by atoms with Gasteiger partial charge in [-0.3, -0.25) is 9.59 Å². The standard InChI is InChI=1S/C18H25ClN2O3/c1-3-14-6-4-5-7-16(14)24-12-17(22)21-10-8-15(9-11-21)20-18(23)13(2)19/h4-7,13,15H,3,8-12H2,1-2H3,(H,20,23). The first-order valence-corrected chi connectivity index (χ1v) is 8.87. The summed E-state index contributed by atoms with van der Waals surface area (Å²) in [4.78, 5) is 25.7. The summed E-state index contributed by atoms with van der Waals surface area (Å²) < 4.78 is 5.69. The van der Waals surface area contributed by atoms with E-state index in [1.54, 1.807) is 11.8 Å². The lowest BCUT2D eigenvalue weighted by Gasteiger charge is -2.32. The van der Waals surface area contributed by atoms with Crippen LogP contribution in [0.1, 0.15) is 32.3 Å². The molecule has 0 aromatic heterocycles. The van der Waals surface area contributed by atoms with Gasteiger partial charge in [0.15, 0.2) is 6.61 Å². The molecule has 0 bridgehead atoms. The molecule has 1 saturated heterocycles. The Balaban J connectivity index is 1.78. The van der Waals surface area contributed by atoms with Crippen LogP contribution in [0.15, 0.2) is 24.3 Å². The van der Waals surface area contributed by atoms with Gasteiger partial charge in [0.25, 0.3) is 5.91 Å². The molecular formula is C18H25ClN2O3. The zero-order valence-corrected chi connectivity index (χ0v) is 15.0. The molecule has 6 heteroatoms. The van der Waals surface area contributed by atoms with E-state index in [1.165, 1.54) is 0 Å². The largest absolute Gasteiger partial charge is 0.483 e. The Morgan fingerprint density at radius 1 is 1.33 bits per heavy atom. The maximum absolute atomic E-state index is 12.3. The monoisotopic (exact) mass is 352 g/mol. The van der Waals surface area contributed by atoms with Gasteiger partial charge in [-0.2, -0.15) is 0 Å². The van der Waals surface area contributed by atoms with Crippen molar-refractivity contribution in [1.29, 1.82) is 0 Å². The molecule has 1 atom stereocenters. The molecule has 0 spiro atoms. The summed E-state index contributed by atoms with van der Waals surface area (Å²) in [6.07, 6.45) is 2.35. The number of hydrogen-bond donors (Lipinski definition) is 1. The fraction of sp³-hybridized carbons (Fsp3) is 0.556. The number of alkyl halides is 1. The van der Waals surface area contributed by atoms with Crippen LogP contribution in [-0.4, -0.2) is 47.8 Å². The van der Waals surface area contributed by atoms with Crippen molar-refractivity contribution in [2.45, 2.75) is 44.5 Å². The number of piperidine rings is 1. The number of para-hydroxylation sites is 1. The van der Waals surface area contributed by atoms with Gasteiger partial charge in [-0.05, 0) is 37.8 Å². The second-order valence-electron chi connectivity index (χ2n) is 6.03. The third kappa shape index (κ3) is 5.13. The maximum Gasteiger partial charge on any atom is 0.260 e. The van der Waals surface area contributed by atoms with Crippen LogP contribution in [-0.2, 0) is 16.0 Å². The molecule has 1 aliphatic heterocycles. The summed E-state index contributed by atoms with van der Waals surface area (Å²) in [6.45, 7) is 5.01. The van der Waals surface area contributed by atoms with E-state index in [-0.39, 0.29) is 24.5 Å². The Kier molecular flexibility index (Phi) is 6.91. The quantitative estimate of drug-likeness (QED) is 0.799. The summed E-state index contributed by atoms with van der Waals surface area (Å²) >= 11 is 5.76. The Labute approximate surface area is 148 Å². The number of benzene rings is 1. The lowest BCUT2D eigenvalue weighted by Crippen LogP contribution is -2.48. The van der Waals surface area contributed by atoms with E-state index in [9.17, 15) is 9.59 Å². The van der Waals surface area contributed by atoms with Crippen molar-refractivity contribution in [1.82, 2.24) is 10.2 Å². The summed E-state index contributed by atoms with van der Waals surface area (Å²) in [5.74, 6) is 0.601. The highest BCUT2D eigenvalue weighted by atomic mass is 35.5. The first kappa shape index (κ1) is 18.6. The topological polar surface area (TPSA) is 58.6 Å². The molecule has 1 fully saturated rings. The first-order chi connectivity index (χ1) is 11.5. The maximum atomic E-state index is 12.3. The van der Waals surface area contributed by atoms with Gasteiger partial charge >= 0.3 is 0 Å². The number of likely N-dealkylation sites (tertiary alicyclic amines) is 1. The minimum Gasteiger partial charge on any atom is -0.483 e. The van der Waals surface area contributed by atoms with Gasteiger partial charge in [-0.25, -0.2) is 0 Å². The number of nitrogens with one attached hydrogen (secondary N) is 1. The Morgan fingerprint density at radius 2 is 2.00 bits per heavy atom. The minimum atomic E-state index is -0.531. The number of hydrogen-bond acceptors (Lipinski definition) is 3. The number of amides is 2. The van der Waals surface area contributed by atoms with Gasteiger partial charge in [-0.15, -0.1) is 11.6 Å². The average molecular weight is 353 g/mol. The zero-order chi connectivity index (χ0) is 17.5. The van der Waals surface area contributed by atoms with Crippen molar-refractivity contribution in [3.63, 3.8) is 0 Å². The second kappa shape index (κ2) is 8.92. The summed E-state index contributed by atoms with van der Waals surface area (Å²) in [5.41, 5.74) is 1.10. The van der Waals surface area contributed by atoms with E-state index in [1.807, 2.05) is 24.3 Å². The molecule has 1 aromatic rings. The van der Waals surface area contributed by atoms with Gasteiger partial charge in [0, 0.05) is 19.1 Å². The fourth-order valence-corrected chi connectivity index (χ4v) is 2.82. The average Bonchev–Trinajstić information content (AvgIpc) is 2.60. The van der Waals surface area contributed by atoms with E-state index in [0.29, 0.717) is 13.1 Å².